The fourth-order valence-corrected chi connectivity index (χ4v) is 6.61. The number of fused-ring (bicyclic) bond motifs is 1. The summed E-state index contributed by atoms with van der Waals surface area (Å²) in [5.74, 6) is -2.13. The van der Waals surface area contributed by atoms with Crippen molar-refractivity contribution in [2.75, 3.05) is 20.3 Å². The van der Waals surface area contributed by atoms with Gasteiger partial charge in [-0.15, -0.1) is 11.3 Å². The highest BCUT2D eigenvalue weighted by atomic mass is 32.1. The van der Waals surface area contributed by atoms with E-state index >= 15 is 0 Å². The number of phenols is 1. The maximum absolute atomic E-state index is 13.5. The number of hydrogen-bond donors (Lipinski definition) is 3. The molecule has 1 aliphatic heterocycles. The van der Waals surface area contributed by atoms with E-state index in [1.54, 1.807) is 19.2 Å². The number of allylic oxidation sites excluding steroid dienone is 1. The van der Waals surface area contributed by atoms with Gasteiger partial charge in [-0.1, -0.05) is 43.2 Å². The lowest BCUT2D eigenvalue weighted by Crippen LogP contribution is -2.39. The van der Waals surface area contributed by atoms with Crippen molar-refractivity contribution < 1.29 is 29.6 Å². The Morgan fingerprint density at radius 2 is 1.95 bits per heavy atom. The predicted octanol–water partition coefficient (Wildman–Crippen LogP) is 4.53. The van der Waals surface area contributed by atoms with Crippen LogP contribution >= 0.6 is 11.3 Å². The lowest BCUT2D eigenvalue weighted by Gasteiger charge is -2.36. The van der Waals surface area contributed by atoms with Crippen LogP contribution < -0.4 is 0 Å². The summed E-state index contributed by atoms with van der Waals surface area (Å²) in [5.41, 5.74) is 3.61. The molecule has 4 atom stereocenters. The standard InChI is InChI=1S/C30H37NO6S/c1-3-5-19(14-20-7-10-22(33)11-8-20)9-12-26(34)27-21(18-37-2)15-24-28(25(27)17-32)30(36)31(29(24)35)16-23-6-4-13-38-23/h4,6-8,10-11,13-14,24-26,28,32-34H,3,5,9,12,15-18H2,1-2H3/b19-14+/t24-,25+,26-,28-/m1/s1. The third-order valence-corrected chi connectivity index (χ3v) is 8.48. The van der Waals surface area contributed by atoms with Gasteiger partial charge in [0.25, 0.3) is 0 Å². The molecule has 2 amide bonds. The van der Waals surface area contributed by atoms with E-state index < -0.39 is 23.9 Å². The molecule has 1 fully saturated rings. The number of imide groups is 1. The highest BCUT2D eigenvalue weighted by molar-refractivity contribution is 7.09. The van der Waals surface area contributed by atoms with Gasteiger partial charge in [0.2, 0.25) is 11.8 Å². The van der Waals surface area contributed by atoms with E-state index in [0.29, 0.717) is 24.8 Å². The number of ether oxygens (including phenoxy) is 1. The number of likely N-dealkylation sites (tertiary alicyclic amines) is 1. The molecule has 2 aromatic rings. The van der Waals surface area contributed by atoms with Gasteiger partial charge >= 0.3 is 0 Å². The number of aromatic hydroxyl groups is 1. The minimum atomic E-state index is -0.868. The molecule has 1 aliphatic carbocycles. The summed E-state index contributed by atoms with van der Waals surface area (Å²) in [4.78, 5) is 29.1. The number of thiophene rings is 1. The van der Waals surface area contributed by atoms with Crippen LogP contribution in [0.25, 0.3) is 6.08 Å². The van der Waals surface area contributed by atoms with Crippen molar-refractivity contribution >= 4 is 29.2 Å². The molecule has 2 aliphatic rings. The van der Waals surface area contributed by atoms with Crippen molar-refractivity contribution in [1.29, 1.82) is 0 Å². The van der Waals surface area contributed by atoms with Gasteiger partial charge in [-0.2, -0.15) is 0 Å². The monoisotopic (exact) mass is 539 g/mol. The number of nitrogens with zero attached hydrogens (tertiary/aromatic N) is 1. The third kappa shape index (κ3) is 6.10. The lowest BCUT2D eigenvalue weighted by molar-refractivity contribution is -0.140. The number of carbonyl (C=O) groups excluding carboxylic acids is 2. The second-order valence-corrected chi connectivity index (χ2v) is 11.2. The van der Waals surface area contributed by atoms with Crippen LogP contribution in [0.2, 0.25) is 0 Å². The Hall–Kier alpha value is -2.78. The number of aliphatic hydroxyl groups excluding tert-OH is 2. The molecule has 1 saturated heterocycles. The van der Waals surface area contributed by atoms with Crippen LogP contribution in [0, 0.1) is 17.8 Å². The number of carbonyl (C=O) groups is 2. The van der Waals surface area contributed by atoms with Gasteiger partial charge in [-0.25, -0.2) is 0 Å². The Morgan fingerprint density at radius 3 is 2.58 bits per heavy atom. The molecule has 8 heteroatoms. The van der Waals surface area contributed by atoms with Crippen LogP contribution in [-0.4, -0.2) is 58.5 Å². The van der Waals surface area contributed by atoms with Crippen LogP contribution in [0.4, 0.5) is 0 Å². The average Bonchev–Trinajstić information content (AvgIpc) is 3.51. The first-order valence-corrected chi connectivity index (χ1v) is 14.1. The number of methoxy groups -OCH3 is 1. The van der Waals surface area contributed by atoms with Crippen LogP contribution in [-0.2, 0) is 20.9 Å². The van der Waals surface area contributed by atoms with E-state index in [4.69, 9.17) is 4.74 Å². The van der Waals surface area contributed by atoms with Crippen molar-refractivity contribution in [1.82, 2.24) is 4.90 Å². The molecule has 2 heterocycles. The van der Waals surface area contributed by atoms with E-state index in [0.717, 1.165) is 28.9 Å². The maximum atomic E-state index is 13.5. The molecule has 3 N–H and O–H groups in total. The molecule has 1 aromatic heterocycles. The zero-order chi connectivity index (χ0) is 27.2. The molecule has 0 unspecified atom stereocenters. The molecule has 0 radical (unpaired) electrons. The molecule has 0 spiro atoms. The molecule has 204 valence electrons. The molecule has 7 nitrogen and oxygen atoms in total. The minimum absolute atomic E-state index is 0.212. The highest BCUT2D eigenvalue weighted by Gasteiger charge is 2.54. The van der Waals surface area contributed by atoms with Gasteiger partial charge in [0.1, 0.15) is 5.75 Å². The number of phenolic OH excluding ortho intramolecular Hbond substituents is 1. The molecular weight excluding hydrogens is 502 g/mol. The minimum Gasteiger partial charge on any atom is -0.508 e. The summed E-state index contributed by atoms with van der Waals surface area (Å²) >= 11 is 1.50. The fourth-order valence-electron chi connectivity index (χ4n) is 5.92. The quantitative estimate of drug-likeness (QED) is 0.270. The van der Waals surface area contributed by atoms with Crippen molar-refractivity contribution in [2.24, 2.45) is 17.8 Å². The first kappa shape index (κ1) is 28.2. The van der Waals surface area contributed by atoms with Gasteiger partial charge in [-0.05, 0) is 66.0 Å². The average molecular weight is 540 g/mol. The van der Waals surface area contributed by atoms with Crippen LogP contribution in [0.15, 0.2) is 58.5 Å². The fraction of sp³-hybridized carbons (Fsp3) is 0.467. The molecule has 4 rings (SSSR count). The Labute approximate surface area is 228 Å². The van der Waals surface area contributed by atoms with E-state index in [-0.39, 0.29) is 37.3 Å². The summed E-state index contributed by atoms with van der Waals surface area (Å²) in [5, 5.41) is 33.4. The van der Waals surface area contributed by atoms with E-state index in [2.05, 4.69) is 13.0 Å². The van der Waals surface area contributed by atoms with Gasteiger partial charge in [0, 0.05) is 17.9 Å². The Bertz CT molecular complexity index is 1170. The highest BCUT2D eigenvalue weighted by Crippen LogP contribution is 2.46. The second kappa shape index (κ2) is 12.8. The molecular formula is C30H37NO6S. The number of benzene rings is 1. The van der Waals surface area contributed by atoms with Gasteiger partial charge in [0.05, 0.1) is 37.7 Å². The van der Waals surface area contributed by atoms with Crippen molar-refractivity contribution in [3.63, 3.8) is 0 Å². The first-order chi connectivity index (χ1) is 18.4. The Kier molecular flexibility index (Phi) is 9.54. The van der Waals surface area contributed by atoms with Gasteiger partial charge in [-0.3, -0.25) is 14.5 Å². The third-order valence-electron chi connectivity index (χ3n) is 7.62. The van der Waals surface area contributed by atoms with E-state index in [1.165, 1.54) is 21.8 Å². The molecule has 0 bridgehead atoms. The largest absolute Gasteiger partial charge is 0.508 e. The Morgan fingerprint density at radius 1 is 1.18 bits per heavy atom. The first-order valence-electron chi connectivity index (χ1n) is 13.2. The maximum Gasteiger partial charge on any atom is 0.234 e. The van der Waals surface area contributed by atoms with Crippen LogP contribution in [0.3, 0.4) is 0 Å². The SMILES string of the molecule is CCC/C(=C\c1ccc(O)cc1)CC[C@@H](O)C1=C(COC)C[C@H]2C(=O)N(Cc3cccs3)C(=O)[C@H]2[C@H]1CO. The normalized spacial score (nSPS) is 22.8. The zero-order valence-corrected chi connectivity index (χ0v) is 22.8. The number of rotatable bonds is 12. The van der Waals surface area contributed by atoms with Crippen LogP contribution in [0.1, 0.15) is 49.5 Å². The molecule has 1 aromatic carbocycles. The second-order valence-electron chi connectivity index (χ2n) is 10.2. The smallest absolute Gasteiger partial charge is 0.234 e. The van der Waals surface area contributed by atoms with E-state index in [9.17, 15) is 24.9 Å². The number of hydrogen-bond acceptors (Lipinski definition) is 7. The van der Waals surface area contributed by atoms with Crippen molar-refractivity contribution in [3.05, 3.63) is 68.9 Å². The molecule has 0 saturated carbocycles. The number of aliphatic hydroxyl groups is 2. The Balaban J connectivity index is 1.56. The number of amides is 2. The van der Waals surface area contributed by atoms with Crippen LogP contribution in [0.5, 0.6) is 5.75 Å². The summed E-state index contributed by atoms with van der Waals surface area (Å²) in [6.07, 6.45) is 4.46. The van der Waals surface area contributed by atoms with Crippen molar-refractivity contribution in [2.45, 2.75) is 51.7 Å². The lowest BCUT2D eigenvalue weighted by atomic mass is 9.68. The zero-order valence-electron chi connectivity index (χ0n) is 22.0. The summed E-state index contributed by atoms with van der Waals surface area (Å²) in [6.45, 7) is 2.26. The van der Waals surface area contributed by atoms with Crippen molar-refractivity contribution in [3.8, 4) is 5.75 Å². The topological polar surface area (TPSA) is 107 Å². The predicted molar refractivity (Wildman–Crippen MR) is 147 cm³/mol. The summed E-state index contributed by atoms with van der Waals surface area (Å²) in [6, 6.07) is 10.8. The summed E-state index contributed by atoms with van der Waals surface area (Å²) < 4.78 is 5.44. The molecule has 38 heavy (non-hydrogen) atoms. The van der Waals surface area contributed by atoms with E-state index in [1.807, 2.05) is 29.6 Å². The summed E-state index contributed by atoms with van der Waals surface area (Å²) in [7, 11) is 1.57. The van der Waals surface area contributed by atoms with Gasteiger partial charge in [0.15, 0.2) is 0 Å². The van der Waals surface area contributed by atoms with Gasteiger partial charge < -0.3 is 20.1 Å².